The Hall–Kier alpha value is -2.09. The van der Waals surface area contributed by atoms with Gasteiger partial charge < -0.3 is 9.47 Å². The van der Waals surface area contributed by atoms with Gasteiger partial charge in [0.05, 0.1) is 13.2 Å². The van der Waals surface area contributed by atoms with Crippen LogP contribution in [0.2, 0.25) is 0 Å². The lowest BCUT2D eigenvalue weighted by Crippen LogP contribution is -2.43. The third-order valence-electron chi connectivity index (χ3n) is 5.20. The molecule has 0 amide bonds. The summed E-state index contributed by atoms with van der Waals surface area (Å²) in [5, 5.41) is 0. The van der Waals surface area contributed by atoms with Crippen LogP contribution in [-0.4, -0.2) is 45.7 Å². The Kier molecular flexibility index (Phi) is 5.08. The fourth-order valence-corrected chi connectivity index (χ4v) is 5.22. The van der Waals surface area contributed by atoms with E-state index >= 15 is 0 Å². The molecule has 7 heteroatoms. The number of likely N-dealkylation sites (tertiary alicyclic amines) is 1. The number of nitrogens with zero attached hydrogens (tertiary/aromatic N) is 1. The smallest absolute Gasteiger partial charge is 0.244 e. The summed E-state index contributed by atoms with van der Waals surface area (Å²) >= 11 is 0. The van der Waals surface area contributed by atoms with Gasteiger partial charge in [0.1, 0.15) is 22.5 Å². The number of ether oxygens (including phenoxy) is 2. The molecule has 2 heterocycles. The SMILES string of the molecule is COc1cccc(CN2CC[C@@H]3NS(=O)(=O)c4ccccc4O[C@H]3CC2)c1. The van der Waals surface area contributed by atoms with Gasteiger partial charge in [0, 0.05) is 19.6 Å². The normalized spacial score (nSPS) is 24.6. The Labute approximate surface area is 160 Å². The Balaban J connectivity index is 1.50. The van der Waals surface area contributed by atoms with Crippen molar-refractivity contribution in [3.8, 4) is 11.5 Å². The predicted molar refractivity (Wildman–Crippen MR) is 102 cm³/mol. The lowest BCUT2D eigenvalue weighted by molar-refractivity contribution is 0.156. The first-order valence-corrected chi connectivity index (χ1v) is 10.7. The van der Waals surface area contributed by atoms with Crippen LogP contribution in [0.3, 0.4) is 0 Å². The summed E-state index contributed by atoms with van der Waals surface area (Å²) in [4.78, 5) is 2.57. The van der Waals surface area contributed by atoms with Crippen molar-refractivity contribution >= 4 is 10.0 Å². The molecule has 0 aliphatic carbocycles. The standard InChI is InChI=1S/C20H24N2O4S/c1-25-16-6-4-5-15(13-16)14-22-11-9-17-18(10-12-22)26-19-7-2-3-8-20(19)27(23,24)21-17/h2-8,13,17-18,21H,9-12,14H2,1H3/t17-,18-/m0/s1. The van der Waals surface area contributed by atoms with Crippen LogP contribution in [0.15, 0.2) is 53.4 Å². The van der Waals surface area contributed by atoms with Gasteiger partial charge in [-0.2, -0.15) is 0 Å². The van der Waals surface area contributed by atoms with Crippen LogP contribution in [0.25, 0.3) is 0 Å². The maximum absolute atomic E-state index is 12.7. The van der Waals surface area contributed by atoms with Gasteiger partial charge in [-0.3, -0.25) is 4.90 Å². The third-order valence-corrected chi connectivity index (χ3v) is 6.73. The number of hydrogen-bond acceptors (Lipinski definition) is 5. The van der Waals surface area contributed by atoms with Gasteiger partial charge in [-0.1, -0.05) is 24.3 Å². The molecular weight excluding hydrogens is 364 g/mol. The first kappa shape index (κ1) is 18.3. The van der Waals surface area contributed by atoms with Crippen LogP contribution in [0.4, 0.5) is 0 Å². The van der Waals surface area contributed by atoms with Gasteiger partial charge in [0.2, 0.25) is 10.0 Å². The first-order chi connectivity index (χ1) is 13.0. The molecule has 6 nitrogen and oxygen atoms in total. The van der Waals surface area contributed by atoms with E-state index in [-0.39, 0.29) is 17.0 Å². The molecule has 2 atom stereocenters. The van der Waals surface area contributed by atoms with Crippen LogP contribution in [0.1, 0.15) is 18.4 Å². The van der Waals surface area contributed by atoms with Gasteiger partial charge in [-0.05, 0) is 42.7 Å². The molecule has 2 aromatic rings. The average Bonchev–Trinajstić information content (AvgIpc) is 2.90. The van der Waals surface area contributed by atoms with Crippen molar-refractivity contribution in [3.63, 3.8) is 0 Å². The minimum Gasteiger partial charge on any atom is -0.497 e. The number of sulfonamides is 1. The van der Waals surface area contributed by atoms with Crippen molar-refractivity contribution < 1.29 is 17.9 Å². The second-order valence-corrected chi connectivity index (χ2v) is 8.72. The Morgan fingerprint density at radius 1 is 1.15 bits per heavy atom. The summed E-state index contributed by atoms with van der Waals surface area (Å²) in [7, 11) is -1.89. The zero-order valence-electron chi connectivity index (χ0n) is 15.3. The Morgan fingerprint density at radius 2 is 1.96 bits per heavy atom. The monoisotopic (exact) mass is 388 g/mol. The van der Waals surface area contributed by atoms with Gasteiger partial charge in [0.15, 0.2) is 0 Å². The molecule has 0 unspecified atom stereocenters. The molecule has 0 saturated carbocycles. The second kappa shape index (κ2) is 7.50. The van der Waals surface area contributed by atoms with Gasteiger partial charge in [0.25, 0.3) is 0 Å². The molecule has 4 rings (SSSR count). The summed E-state index contributed by atoms with van der Waals surface area (Å²) in [6, 6.07) is 14.7. The van der Waals surface area contributed by atoms with Crippen LogP contribution in [-0.2, 0) is 16.6 Å². The highest BCUT2D eigenvalue weighted by molar-refractivity contribution is 7.89. The first-order valence-electron chi connectivity index (χ1n) is 9.18. The van der Waals surface area contributed by atoms with E-state index < -0.39 is 10.0 Å². The molecule has 0 spiro atoms. The predicted octanol–water partition coefficient (Wildman–Crippen LogP) is 2.40. The molecule has 0 radical (unpaired) electrons. The summed E-state index contributed by atoms with van der Waals surface area (Å²) in [6.07, 6.45) is 1.31. The number of rotatable bonds is 3. The number of para-hydroxylation sites is 1. The fraction of sp³-hybridized carbons (Fsp3) is 0.400. The summed E-state index contributed by atoms with van der Waals surface area (Å²) < 4.78 is 39.6. The zero-order valence-corrected chi connectivity index (χ0v) is 16.1. The molecule has 1 fully saturated rings. The van der Waals surface area contributed by atoms with Crippen molar-refractivity contribution in [3.05, 3.63) is 54.1 Å². The lowest BCUT2D eigenvalue weighted by Gasteiger charge is -2.22. The quantitative estimate of drug-likeness (QED) is 0.875. The molecule has 1 N–H and O–H groups in total. The zero-order chi connectivity index (χ0) is 18.9. The molecular formula is C20H24N2O4S. The van der Waals surface area contributed by atoms with E-state index in [4.69, 9.17) is 9.47 Å². The largest absolute Gasteiger partial charge is 0.497 e. The van der Waals surface area contributed by atoms with Crippen molar-refractivity contribution in [2.24, 2.45) is 0 Å². The molecule has 0 aromatic heterocycles. The number of benzene rings is 2. The fourth-order valence-electron chi connectivity index (χ4n) is 3.79. The van der Waals surface area contributed by atoms with E-state index in [9.17, 15) is 8.42 Å². The summed E-state index contributed by atoms with van der Waals surface area (Å²) in [5.41, 5.74) is 1.18. The van der Waals surface area contributed by atoms with Gasteiger partial charge in [-0.15, -0.1) is 0 Å². The maximum Gasteiger partial charge on any atom is 0.244 e. The van der Waals surface area contributed by atoms with E-state index in [1.165, 1.54) is 5.56 Å². The Bertz CT molecular complexity index is 916. The molecule has 1 saturated heterocycles. The van der Waals surface area contributed by atoms with Gasteiger partial charge >= 0.3 is 0 Å². The van der Waals surface area contributed by atoms with Crippen molar-refractivity contribution in [1.29, 1.82) is 0 Å². The molecule has 2 aliphatic rings. The molecule has 144 valence electrons. The number of nitrogens with one attached hydrogen (secondary N) is 1. The second-order valence-electron chi connectivity index (χ2n) is 7.04. The van der Waals surface area contributed by atoms with E-state index in [1.807, 2.05) is 18.2 Å². The van der Waals surface area contributed by atoms with E-state index in [2.05, 4.69) is 15.7 Å². The molecule has 0 bridgehead atoms. The highest BCUT2D eigenvalue weighted by Gasteiger charge is 2.36. The van der Waals surface area contributed by atoms with E-state index in [1.54, 1.807) is 31.4 Å². The number of hydrogen-bond donors (Lipinski definition) is 1. The topological polar surface area (TPSA) is 67.9 Å². The van der Waals surface area contributed by atoms with Crippen LogP contribution in [0, 0.1) is 0 Å². The van der Waals surface area contributed by atoms with Crippen molar-refractivity contribution in [2.45, 2.75) is 36.4 Å². The molecule has 27 heavy (non-hydrogen) atoms. The number of fused-ring (bicyclic) bond motifs is 2. The molecule has 2 aliphatic heterocycles. The van der Waals surface area contributed by atoms with Crippen molar-refractivity contribution in [1.82, 2.24) is 9.62 Å². The average molecular weight is 388 g/mol. The minimum atomic E-state index is -3.56. The highest BCUT2D eigenvalue weighted by atomic mass is 32.2. The summed E-state index contributed by atoms with van der Waals surface area (Å²) in [5.74, 6) is 1.29. The van der Waals surface area contributed by atoms with E-state index in [0.29, 0.717) is 12.2 Å². The van der Waals surface area contributed by atoms with E-state index in [0.717, 1.165) is 31.8 Å². The Morgan fingerprint density at radius 3 is 2.81 bits per heavy atom. The number of methoxy groups -OCH3 is 1. The van der Waals surface area contributed by atoms with Gasteiger partial charge in [-0.25, -0.2) is 13.1 Å². The molecule has 2 aromatic carbocycles. The minimum absolute atomic E-state index is 0.168. The highest BCUT2D eigenvalue weighted by Crippen LogP contribution is 2.31. The van der Waals surface area contributed by atoms with Crippen LogP contribution in [0.5, 0.6) is 11.5 Å². The van der Waals surface area contributed by atoms with Crippen molar-refractivity contribution in [2.75, 3.05) is 20.2 Å². The van der Waals surface area contributed by atoms with Crippen LogP contribution >= 0.6 is 0 Å². The third kappa shape index (κ3) is 3.95. The van der Waals surface area contributed by atoms with Crippen LogP contribution < -0.4 is 14.2 Å². The lowest BCUT2D eigenvalue weighted by atomic mass is 10.1. The maximum atomic E-state index is 12.7. The summed E-state index contributed by atoms with van der Waals surface area (Å²) in [6.45, 7) is 2.46.